The fourth-order valence-corrected chi connectivity index (χ4v) is 0.142. The molecular weight excluding hydrogens is 94.1 g/mol. The van der Waals surface area contributed by atoms with E-state index in [1.165, 1.54) is 6.08 Å². The van der Waals surface area contributed by atoms with Crippen LogP contribution in [0.5, 0.6) is 0 Å². The molecule has 0 amide bonds. The van der Waals surface area contributed by atoms with Crippen LogP contribution in [-0.2, 0) is 0 Å². The predicted octanol–water partition coefficient (Wildman–Crippen LogP) is -0.272. The van der Waals surface area contributed by atoms with Crippen LogP contribution in [-0.4, -0.2) is 6.17 Å². The summed E-state index contributed by atoms with van der Waals surface area (Å²) in [5.74, 6) is 4.78. The summed E-state index contributed by atoms with van der Waals surface area (Å²) in [5, 5.41) is 2.52. The van der Waals surface area contributed by atoms with Gasteiger partial charge in [-0.2, -0.15) is 0 Å². The molecule has 0 radical (unpaired) electrons. The van der Waals surface area contributed by atoms with Gasteiger partial charge in [0.1, 0.15) is 0 Å². The lowest BCUT2D eigenvalue weighted by Crippen LogP contribution is -2.31. The second-order valence-electron chi connectivity index (χ2n) is 0.953. The summed E-state index contributed by atoms with van der Waals surface area (Å²) >= 11 is 0. The van der Waals surface area contributed by atoms with Gasteiger partial charge in [-0.3, -0.25) is 5.84 Å². The molecule has 0 rings (SSSR count). The van der Waals surface area contributed by atoms with Gasteiger partial charge in [-0.05, 0) is 11.3 Å². The van der Waals surface area contributed by atoms with E-state index in [0.29, 0.717) is 0 Å². The molecule has 0 fully saturated rings. The van der Waals surface area contributed by atoms with Crippen molar-refractivity contribution in [1.29, 1.82) is 0 Å². The number of hydrogen-bond donors (Lipinski definition) is 2. The number of hydrogen-bond acceptors (Lipinski definition) is 4. The van der Waals surface area contributed by atoms with Gasteiger partial charge in [0.05, 0.1) is 0 Å². The minimum absolute atomic E-state index is 0.653. The lowest BCUT2D eigenvalue weighted by molar-refractivity contribution is 0.643. The van der Waals surface area contributed by atoms with Crippen LogP contribution in [0, 0.1) is 4.91 Å². The molecule has 4 heteroatoms. The van der Waals surface area contributed by atoms with Gasteiger partial charge >= 0.3 is 0 Å². The van der Waals surface area contributed by atoms with E-state index in [2.05, 4.69) is 17.2 Å². The van der Waals surface area contributed by atoms with Crippen LogP contribution < -0.4 is 11.3 Å². The highest BCUT2D eigenvalue weighted by molar-refractivity contribution is 4.80. The Bertz CT molecular complexity index is 64.6. The third-order valence-electron chi connectivity index (χ3n) is 0.508. The minimum Gasteiger partial charge on any atom is -0.269 e. The molecule has 0 aliphatic rings. The van der Waals surface area contributed by atoms with Gasteiger partial charge < -0.3 is 0 Å². The van der Waals surface area contributed by atoms with Crippen LogP contribution >= 0.6 is 0 Å². The molecule has 0 aromatic carbocycles. The van der Waals surface area contributed by atoms with E-state index in [0.717, 1.165) is 0 Å². The van der Waals surface area contributed by atoms with E-state index < -0.39 is 6.17 Å². The van der Waals surface area contributed by atoms with Crippen molar-refractivity contribution in [1.82, 2.24) is 5.43 Å². The van der Waals surface area contributed by atoms with Crippen molar-refractivity contribution in [2.75, 3.05) is 0 Å². The van der Waals surface area contributed by atoms with Crippen molar-refractivity contribution >= 4 is 0 Å². The Labute approximate surface area is 41.3 Å². The van der Waals surface area contributed by atoms with Gasteiger partial charge in [0, 0.05) is 0 Å². The van der Waals surface area contributed by atoms with Crippen LogP contribution in [0.1, 0.15) is 0 Å². The fraction of sp³-hybridized carbons (Fsp3) is 0.333. The van der Waals surface area contributed by atoms with Gasteiger partial charge in [-0.25, -0.2) is 5.43 Å². The van der Waals surface area contributed by atoms with Gasteiger partial charge in [0.15, 0.2) is 6.17 Å². The fourth-order valence-electron chi connectivity index (χ4n) is 0.142. The highest BCUT2D eigenvalue weighted by atomic mass is 16.3. The van der Waals surface area contributed by atoms with Crippen LogP contribution in [0.3, 0.4) is 0 Å². The average Bonchev–Trinajstić information content (AvgIpc) is 1.72. The first-order valence-electron chi connectivity index (χ1n) is 1.76. The number of nitroso groups, excluding NO2 is 1. The Morgan fingerprint density at radius 3 is 2.57 bits per heavy atom. The van der Waals surface area contributed by atoms with Crippen molar-refractivity contribution in [3.05, 3.63) is 17.6 Å². The Hall–Kier alpha value is -0.740. The second-order valence-corrected chi connectivity index (χ2v) is 0.953. The summed E-state index contributed by atoms with van der Waals surface area (Å²) < 4.78 is 0. The zero-order chi connectivity index (χ0) is 5.70. The van der Waals surface area contributed by atoms with Crippen molar-refractivity contribution in [2.45, 2.75) is 6.17 Å². The molecule has 0 heterocycles. The summed E-state index contributed by atoms with van der Waals surface area (Å²) in [6.07, 6.45) is 0.660. The van der Waals surface area contributed by atoms with Crippen LogP contribution in [0.2, 0.25) is 0 Å². The molecule has 0 aromatic rings. The lowest BCUT2D eigenvalue weighted by Gasteiger charge is -1.95. The number of hydrazine groups is 1. The van der Waals surface area contributed by atoms with Crippen molar-refractivity contribution in [3.63, 3.8) is 0 Å². The first kappa shape index (κ1) is 6.26. The Morgan fingerprint density at radius 1 is 2.00 bits per heavy atom. The molecule has 0 saturated heterocycles. The maximum Gasteiger partial charge on any atom is 0.172 e. The summed E-state index contributed by atoms with van der Waals surface area (Å²) in [6.45, 7) is 3.27. The molecule has 0 saturated carbocycles. The molecule has 0 aromatic heterocycles. The molecule has 0 bridgehead atoms. The normalized spacial score (nSPS) is 12.7. The first-order chi connectivity index (χ1) is 3.35. The van der Waals surface area contributed by atoms with Gasteiger partial charge in [0.25, 0.3) is 0 Å². The van der Waals surface area contributed by atoms with E-state index in [1.54, 1.807) is 0 Å². The Balaban J connectivity index is 3.36. The topological polar surface area (TPSA) is 67.5 Å². The summed E-state index contributed by atoms with van der Waals surface area (Å²) in [5.41, 5.74) is 2.10. The lowest BCUT2D eigenvalue weighted by atomic mass is 10.5. The number of nitrogens with one attached hydrogen (secondary N) is 1. The molecule has 3 N–H and O–H groups in total. The first-order valence-corrected chi connectivity index (χ1v) is 1.76. The van der Waals surface area contributed by atoms with Crippen molar-refractivity contribution in [3.8, 4) is 0 Å². The third-order valence-corrected chi connectivity index (χ3v) is 0.508. The Kier molecular flexibility index (Phi) is 3.09. The number of rotatable bonds is 3. The molecule has 1 atom stereocenters. The average molecular weight is 101 g/mol. The monoisotopic (exact) mass is 101 g/mol. The van der Waals surface area contributed by atoms with E-state index in [-0.39, 0.29) is 0 Å². The summed E-state index contributed by atoms with van der Waals surface area (Å²) in [7, 11) is 0. The maximum absolute atomic E-state index is 9.50. The van der Waals surface area contributed by atoms with Crippen LogP contribution in [0.4, 0.5) is 0 Å². The zero-order valence-electron chi connectivity index (χ0n) is 3.79. The summed E-state index contributed by atoms with van der Waals surface area (Å²) in [6, 6.07) is 0. The smallest absolute Gasteiger partial charge is 0.172 e. The quantitative estimate of drug-likeness (QED) is 0.222. The highest BCUT2D eigenvalue weighted by Crippen LogP contribution is 1.79. The van der Waals surface area contributed by atoms with Crippen molar-refractivity contribution < 1.29 is 0 Å². The van der Waals surface area contributed by atoms with E-state index in [1.807, 2.05) is 0 Å². The van der Waals surface area contributed by atoms with Gasteiger partial charge in [0.2, 0.25) is 0 Å². The highest BCUT2D eigenvalue weighted by Gasteiger charge is 1.92. The second kappa shape index (κ2) is 3.45. The van der Waals surface area contributed by atoms with Crippen molar-refractivity contribution in [2.24, 2.45) is 11.0 Å². The third kappa shape index (κ3) is 2.02. The minimum atomic E-state index is -0.653. The van der Waals surface area contributed by atoms with E-state index >= 15 is 0 Å². The Morgan fingerprint density at radius 2 is 2.57 bits per heavy atom. The van der Waals surface area contributed by atoms with E-state index in [4.69, 9.17) is 5.84 Å². The SMILES string of the molecule is C=CC(N=O)NN. The van der Waals surface area contributed by atoms with Gasteiger partial charge in [-0.15, -0.1) is 4.91 Å². The van der Waals surface area contributed by atoms with Crippen LogP contribution in [0.25, 0.3) is 0 Å². The molecule has 40 valence electrons. The molecule has 1 unspecified atom stereocenters. The molecule has 0 aliphatic carbocycles. The molecule has 0 aliphatic heterocycles. The molecule has 0 spiro atoms. The standard InChI is InChI=1S/C3H7N3O/c1-2-3(5-4)6-7/h2-3,5H,1,4H2. The molecular formula is C3H7N3O. The molecule has 7 heavy (non-hydrogen) atoms. The zero-order valence-corrected chi connectivity index (χ0v) is 3.79. The van der Waals surface area contributed by atoms with Gasteiger partial charge in [-0.1, -0.05) is 6.58 Å². The largest absolute Gasteiger partial charge is 0.269 e. The predicted molar refractivity (Wildman–Crippen MR) is 27.1 cm³/mol. The van der Waals surface area contributed by atoms with Crippen LogP contribution in [0.15, 0.2) is 17.8 Å². The van der Waals surface area contributed by atoms with E-state index in [9.17, 15) is 4.91 Å². The number of nitrogens with zero attached hydrogens (tertiary/aromatic N) is 1. The number of nitrogens with two attached hydrogens (primary N) is 1. The maximum atomic E-state index is 9.50. The summed E-state index contributed by atoms with van der Waals surface area (Å²) in [4.78, 5) is 9.50. The molecule has 4 nitrogen and oxygen atoms in total.